The maximum absolute atomic E-state index is 9.95. The minimum absolute atomic E-state index is 0.0192. The van der Waals surface area contributed by atoms with Crippen LogP contribution in [0, 0.1) is 36.2 Å². The molecule has 0 radical (unpaired) electrons. The van der Waals surface area contributed by atoms with Crippen LogP contribution in [-0.4, -0.2) is 21.6 Å². The van der Waals surface area contributed by atoms with Crippen molar-refractivity contribution in [1.82, 2.24) is 14.6 Å². The van der Waals surface area contributed by atoms with E-state index >= 15 is 0 Å². The molecule has 2 aromatic heterocycles. The van der Waals surface area contributed by atoms with Gasteiger partial charge in [-0.2, -0.15) is 5.26 Å². The molecular weight excluding hydrogens is 422 g/mol. The van der Waals surface area contributed by atoms with E-state index in [2.05, 4.69) is 52.0 Å². The van der Waals surface area contributed by atoms with Crippen molar-refractivity contribution >= 4 is 23.1 Å². The van der Waals surface area contributed by atoms with Crippen LogP contribution < -0.4 is 15.5 Å². The minimum atomic E-state index is -0.237. The average Bonchev–Trinajstić information content (AvgIpc) is 3.32. The van der Waals surface area contributed by atoms with Crippen LogP contribution in [-0.2, 0) is 5.41 Å². The Morgan fingerprint density at radius 1 is 1.18 bits per heavy atom. The van der Waals surface area contributed by atoms with E-state index in [1.54, 1.807) is 4.40 Å². The molecular formula is C27H25N7. The molecule has 0 saturated heterocycles. The highest BCUT2D eigenvalue weighted by molar-refractivity contribution is 5.73. The van der Waals surface area contributed by atoms with E-state index in [4.69, 9.17) is 6.57 Å². The number of pyridine rings is 1. The second-order valence-corrected chi connectivity index (χ2v) is 9.24. The summed E-state index contributed by atoms with van der Waals surface area (Å²) in [6.45, 7) is 17.8. The molecule has 0 fully saturated rings. The number of allylic oxidation sites excluding steroid dienone is 2. The molecule has 1 aromatic carbocycles. The second kappa shape index (κ2) is 8.18. The number of anilines is 1. The quantitative estimate of drug-likeness (QED) is 0.560. The SMILES string of the molecule is [C-]#[N+]C(C#N)=c1/c(=C\C=C2\N(C)c3ccccc3C2(C)C)c(C)c(C#N)c2nnc(C(C)C)n12. The van der Waals surface area contributed by atoms with Crippen LogP contribution in [0.3, 0.4) is 0 Å². The summed E-state index contributed by atoms with van der Waals surface area (Å²) in [6.07, 6.45) is 3.94. The fourth-order valence-electron chi connectivity index (χ4n) is 4.82. The van der Waals surface area contributed by atoms with Crippen molar-refractivity contribution in [2.75, 3.05) is 11.9 Å². The first-order chi connectivity index (χ1) is 16.2. The molecule has 4 rings (SSSR count). The van der Waals surface area contributed by atoms with E-state index < -0.39 is 0 Å². The molecule has 0 spiro atoms. The lowest BCUT2D eigenvalue weighted by Crippen LogP contribution is -2.37. The molecule has 0 aliphatic carbocycles. The summed E-state index contributed by atoms with van der Waals surface area (Å²) in [5.41, 5.74) is 4.56. The van der Waals surface area contributed by atoms with Gasteiger partial charge in [-0.25, -0.2) is 10.1 Å². The van der Waals surface area contributed by atoms with Gasteiger partial charge >= 0.3 is 0 Å². The highest BCUT2D eigenvalue weighted by Crippen LogP contribution is 2.46. The molecule has 0 bridgehead atoms. The molecule has 1 aliphatic heterocycles. The maximum Gasteiger partial charge on any atom is 0.285 e. The molecule has 0 atom stereocenters. The van der Waals surface area contributed by atoms with Crippen LogP contribution in [0.25, 0.3) is 22.3 Å². The predicted octanol–water partition coefficient (Wildman–Crippen LogP) is 3.68. The number of hydrogen-bond acceptors (Lipinski definition) is 5. The molecule has 0 saturated carbocycles. The summed E-state index contributed by atoms with van der Waals surface area (Å²) < 4.78 is 1.70. The first-order valence-electron chi connectivity index (χ1n) is 11.0. The van der Waals surface area contributed by atoms with Crippen LogP contribution in [0.2, 0.25) is 0 Å². The van der Waals surface area contributed by atoms with Gasteiger partial charge in [-0.05, 0) is 35.4 Å². The number of fused-ring (bicyclic) bond motifs is 2. The predicted molar refractivity (Wildman–Crippen MR) is 132 cm³/mol. The van der Waals surface area contributed by atoms with Crippen molar-refractivity contribution in [3.8, 4) is 12.1 Å². The van der Waals surface area contributed by atoms with Crippen molar-refractivity contribution in [3.63, 3.8) is 0 Å². The van der Waals surface area contributed by atoms with Crippen molar-refractivity contribution < 1.29 is 0 Å². The fourth-order valence-corrected chi connectivity index (χ4v) is 4.82. The first kappa shape index (κ1) is 22.8. The number of nitrogens with zero attached hydrogens (tertiary/aromatic N) is 7. The highest BCUT2D eigenvalue weighted by atomic mass is 15.3. The van der Waals surface area contributed by atoms with Gasteiger partial charge in [-0.3, -0.25) is 4.40 Å². The average molecular weight is 448 g/mol. The molecule has 3 aromatic rings. The topological polar surface area (TPSA) is 85.4 Å². The number of nitriles is 2. The van der Waals surface area contributed by atoms with E-state index in [1.807, 2.05) is 58.2 Å². The van der Waals surface area contributed by atoms with Crippen LogP contribution in [0.4, 0.5) is 5.69 Å². The zero-order chi connectivity index (χ0) is 24.8. The molecule has 7 heteroatoms. The molecule has 0 unspecified atom stereocenters. The van der Waals surface area contributed by atoms with Gasteiger partial charge in [-0.1, -0.05) is 52.0 Å². The van der Waals surface area contributed by atoms with Gasteiger partial charge in [0.2, 0.25) is 0 Å². The molecule has 1 aliphatic rings. The Hall–Kier alpha value is -4.41. The summed E-state index contributed by atoms with van der Waals surface area (Å²) in [4.78, 5) is 5.67. The van der Waals surface area contributed by atoms with Gasteiger partial charge in [0.15, 0.2) is 5.65 Å². The van der Waals surface area contributed by atoms with Crippen molar-refractivity contribution in [2.24, 2.45) is 0 Å². The molecule has 168 valence electrons. The fraction of sp³-hybridized carbons (Fsp3) is 0.296. The summed E-state index contributed by atoms with van der Waals surface area (Å²) in [5, 5.41) is 29.4. The Kier molecular flexibility index (Phi) is 5.48. The summed E-state index contributed by atoms with van der Waals surface area (Å²) >= 11 is 0. The zero-order valence-corrected chi connectivity index (χ0v) is 20.2. The van der Waals surface area contributed by atoms with Crippen LogP contribution in [0.15, 0.2) is 36.0 Å². The number of benzene rings is 1. The van der Waals surface area contributed by atoms with Crippen LogP contribution >= 0.6 is 0 Å². The Morgan fingerprint density at radius 2 is 1.88 bits per heavy atom. The lowest BCUT2D eigenvalue weighted by molar-refractivity contribution is 0.641. The van der Waals surface area contributed by atoms with E-state index in [1.165, 1.54) is 5.56 Å². The monoisotopic (exact) mass is 447 g/mol. The Morgan fingerprint density at radius 3 is 2.47 bits per heavy atom. The largest absolute Gasteiger partial charge is 0.347 e. The smallest absolute Gasteiger partial charge is 0.285 e. The second-order valence-electron chi connectivity index (χ2n) is 9.24. The maximum atomic E-state index is 9.95. The third-order valence-electron chi connectivity index (χ3n) is 6.59. The Bertz CT molecular complexity index is 1600. The number of para-hydroxylation sites is 1. The normalized spacial score (nSPS) is 17.0. The minimum Gasteiger partial charge on any atom is -0.347 e. The van der Waals surface area contributed by atoms with Gasteiger partial charge < -0.3 is 4.90 Å². The van der Waals surface area contributed by atoms with Gasteiger partial charge in [-0.15, -0.1) is 10.2 Å². The van der Waals surface area contributed by atoms with Gasteiger partial charge in [0.25, 0.3) is 5.70 Å². The third-order valence-corrected chi connectivity index (χ3v) is 6.59. The van der Waals surface area contributed by atoms with Gasteiger partial charge in [0, 0.05) is 29.8 Å². The lowest BCUT2D eigenvalue weighted by Gasteiger charge is -2.23. The van der Waals surface area contributed by atoms with Crippen LogP contribution in [0.5, 0.6) is 0 Å². The number of aromatic nitrogens is 3. The molecule has 7 nitrogen and oxygen atoms in total. The van der Waals surface area contributed by atoms with Crippen molar-refractivity contribution in [3.05, 3.63) is 80.5 Å². The first-order valence-corrected chi connectivity index (χ1v) is 11.0. The standard InChI is InChI=1S/C27H25N7/c1-16(2)25-31-32-26-19(14-28)17(3)18(24(34(25)26)21(15-29)30-6)12-13-23-27(4,5)20-10-8-9-11-22(20)33(23)7/h8-13,16H,1-5,7H3/b18-12-,23-13+,24-21?. The van der Waals surface area contributed by atoms with E-state index in [9.17, 15) is 10.5 Å². The summed E-state index contributed by atoms with van der Waals surface area (Å²) in [7, 11) is 2.04. The zero-order valence-electron chi connectivity index (χ0n) is 20.2. The molecule has 0 N–H and O–H groups in total. The number of rotatable bonds is 2. The van der Waals surface area contributed by atoms with Gasteiger partial charge in [0.05, 0.1) is 18.0 Å². The number of hydrogen-bond donors (Lipinski definition) is 0. The van der Waals surface area contributed by atoms with Gasteiger partial charge in [0.1, 0.15) is 17.5 Å². The molecule has 0 amide bonds. The summed E-state index contributed by atoms with van der Waals surface area (Å²) in [5.74, 6) is 0.584. The van der Waals surface area contributed by atoms with E-state index in [0.29, 0.717) is 33.2 Å². The molecule has 3 heterocycles. The Balaban J connectivity index is 2.18. The van der Waals surface area contributed by atoms with E-state index in [-0.39, 0.29) is 17.0 Å². The van der Waals surface area contributed by atoms with E-state index in [0.717, 1.165) is 11.4 Å². The van der Waals surface area contributed by atoms with Crippen molar-refractivity contribution in [1.29, 1.82) is 10.5 Å². The third kappa shape index (κ3) is 3.16. The Labute approximate surface area is 199 Å². The van der Waals surface area contributed by atoms with Crippen LogP contribution in [0.1, 0.15) is 56.1 Å². The van der Waals surface area contributed by atoms with Crippen molar-refractivity contribution in [2.45, 2.75) is 46.0 Å². The number of likely N-dealkylation sites (N-methyl/N-ethyl adjacent to an activating group) is 1. The summed E-state index contributed by atoms with van der Waals surface area (Å²) in [6, 6.07) is 12.6. The molecule has 34 heavy (non-hydrogen) atoms. The highest BCUT2D eigenvalue weighted by Gasteiger charge is 2.37. The lowest BCUT2D eigenvalue weighted by atomic mass is 9.83.